The minimum absolute atomic E-state index is 0.0135. The van der Waals surface area contributed by atoms with E-state index in [-0.39, 0.29) is 29.9 Å². The fourth-order valence-electron chi connectivity index (χ4n) is 2.55. The fourth-order valence-corrected chi connectivity index (χ4v) is 3.44. The molecular weight excluding hydrogens is 370 g/mol. The number of carbonyl (C=O) groups is 2. The van der Waals surface area contributed by atoms with E-state index < -0.39 is 11.9 Å². The van der Waals surface area contributed by atoms with E-state index >= 15 is 0 Å². The molecule has 0 fully saturated rings. The van der Waals surface area contributed by atoms with E-state index in [0.29, 0.717) is 16.9 Å². The average Bonchev–Trinajstić information content (AvgIpc) is 2.67. The number of carbonyl (C=O) groups excluding carboxylic acids is 2. The van der Waals surface area contributed by atoms with Crippen LogP contribution in [-0.2, 0) is 21.9 Å². The number of nitrogens with zero attached hydrogens (tertiary/aromatic N) is 1. The largest absolute Gasteiger partial charge is 0.357 e. The van der Waals surface area contributed by atoms with Crippen molar-refractivity contribution in [3.05, 3.63) is 71.3 Å². The molecule has 27 heavy (non-hydrogen) atoms. The van der Waals surface area contributed by atoms with E-state index in [1.807, 2.05) is 0 Å². The number of amides is 2. The molecule has 0 radical (unpaired) electrons. The molecule has 0 heterocycles. The van der Waals surface area contributed by atoms with Crippen LogP contribution >= 0.6 is 11.8 Å². The Balaban J connectivity index is 2.07. The van der Waals surface area contributed by atoms with Crippen LogP contribution in [0.4, 0.5) is 8.78 Å². The van der Waals surface area contributed by atoms with Gasteiger partial charge in [0.05, 0.1) is 5.75 Å². The first kappa shape index (κ1) is 20.9. The van der Waals surface area contributed by atoms with Gasteiger partial charge in [-0.25, -0.2) is 8.78 Å². The van der Waals surface area contributed by atoms with E-state index in [9.17, 15) is 18.4 Å². The first-order valence-corrected chi connectivity index (χ1v) is 9.65. The van der Waals surface area contributed by atoms with Crippen LogP contribution in [-0.4, -0.2) is 35.6 Å². The molecule has 0 aliphatic heterocycles. The second-order valence-corrected chi connectivity index (χ2v) is 6.97. The Labute approximate surface area is 161 Å². The Morgan fingerprint density at radius 1 is 1.04 bits per heavy atom. The van der Waals surface area contributed by atoms with Crippen LogP contribution < -0.4 is 5.32 Å². The molecule has 4 nitrogen and oxygen atoms in total. The Morgan fingerprint density at radius 3 is 2.15 bits per heavy atom. The van der Waals surface area contributed by atoms with Gasteiger partial charge in [-0.1, -0.05) is 36.4 Å². The Bertz CT molecular complexity index is 801. The van der Waals surface area contributed by atoms with Crippen LogP contribution in [0, 0.1) is 11.6 Å². The predicted molar refractivity (Wildman–Crippen MR) is 103 cm³/mol. The number of hydrogen-bond donors (Lipinski definition) is 1. The zero-order chi connectivity index (χ0) is 19.8. The van der Waals surface area contributed by atoms with Crippen LogP contribution in [0.15, 0.2) is 48.5 Å². The fraction of sp³-hybridized carbons (Fsp3) is 0.300. The topological polar surface area (TPSA) is 49.4 Å². The van der Waals surface area contributed by atoms with Gasteiger partial charge in [0, 0.05) is 24.9 Å². The number of benzene rings is 2. The first-order valence-electron chi connectivity index (χ1n) is 8.49. The van der Waals surface area contributed by atoms with Crippen molar-refractivity contribution >= 4 is 23.6 Å². The Kier molecular flexibility index (Phi) is 7.79. The van der Waals surface area contributed by atoms with E-state index in [2.05, 4.69) is 5.32 Å². The average molecular weight is 392 g/mol. The molecule has 2 amide bonds. The maximum absolute atomic E-state index is 14.0. The number of halogens is 2. The molecule has 0 aromatic heterocycles. The number of nitrogens with one attached hydrogen (secondary N) is 1. The lowest BCUT2D eigenvalue weighted by atomic mass is 10.1. The lowest BCUT2D eigenvalue weighted by Crippen LogP contribution is -2.47. The molecule has 0 spiro atoms. The van der Waals surface area contributed by atoms with Crippen LogP contribution in [0.25, 0.3) is 0 Å². The van der Waals surface area contributed by atoms with Crippen LogP contribution in [0.2, 0.25) is 0 Å². The minimum atomic E-state index is -0.754. The van der Waals surface area contributed by atoms with Crippen molar-refractivity contribution in [2.75, 3.05) is 12.8 Å². The van der Waals surface area contributed by atoms with Crippen molar-refractivity contribution in [3.8, 4) is 0 Å². The van der Waals surface area contributed by atoms with Crippen molar-refractivity contribution in [1.82, 2.24) is 10.2 Å². The van der Waals surface area contributed by atoms with Crippen molar-refractivity contribution in [1.29, 1.82) is 0 Å². The zero-order valence-corrected chi connectivity index (χ0v) is 16.1. The summed E-state index contributed by atoms with van der Waals surface area (Å²) in [7, 11) is 1.48. The lowest BCUT2D eigenvalue weighted by Gasteiger charge is -2.28. The smallest absolute Gasteiger partial charge is 0.242 e. The summed E-state index contributed by atoms with van der Waals surface area (Å²) in [4.78, 5) is 26.1. The second kappa shape index (κ2) is 10.1. The summed E-state index contributed by atoms with van der Waals surface area (Å²) >= 11 is 1.25. The summed E-state index contributed by atoms with van der Waals surface area (Å²) in [6.45, 7) is 1.58. The molecule has 144 valence electrons. The molecule has 0 bridgehead atoms. The molecule has 0 unspecified atom stereocenters. The predicted octanol–water partition coefficient (Wildman–Crippen LogP) is 3.36. The van der Waals surface area contributed by atoms with Gasteiger partial charge in [-0.3, -0.25) is 9.59 Å². The molecule has 0 saturated heterocycles. The number of hydrogen-bond acceptors (Lipinski definition) is 3. The number of rotatable bonds is 8. The molecule has 2 aromatic rings. The molecular formula is C20H22F2N2O2S. The molecule has 2 rings (SSSR count). The third-order valence-electron chi connectivity index (χ3n) is 4.15. The lowest BCUT2D eigenvalue weighted by molar-refractivity contribution is -0.138. The summed E-state index contributed by atoms with van der Waals surface area (Å²) in [5.74, 6) is -1.00. The summed E-state index contributed by atoms with van der Waals surface area (Å²) in [6.07, 6.45) is 0. The Hall–Kier alpha value is -2.41. The number of thioether (sulfide) groups is 1. The Morgan fingerprint density at radius 2 is 1.59 bits per heavy atom. The molecule has 1 N–H and O–H groups in total. The van der Waals surface area contributed by atoms with E-state index in [4.69, 9.17) is 0 Å². The van der Waals surface area contributed by atoms with Crippen molar-refractivity contribution in [3.63, 3.8) is 0 Å². The molecule has 0 aliphatic carbocycles. The van der Waals surface area contributed by atoms with Crippen LogP contribution in [0.5, 0.6) is 0 Å². The molecule has 0 saturated carbocycles. The molecule has 1 atom stereocenters. The quantitative estimate of drug-likeness (QED) is 0.750. The highest BCUT2D eigenvalue weighted by molar-refractivity contribution is 7.99. The van der Waals surface area contributed by atoms with Gasteiger partial charge in [0.2, 0.25) is 11.8 Å². The highest BCUT2D eigenvalue weighted by atomic mass is 32.2. The third kappa shape index (κ3) is 5.79. The standard InChI is InChI=1S/C20H22F2N2O2S/c1-14(20(26)23-2)24(11-15-7-3-5-9-17(15)21)19(25)13-27-12-16-8-4-6-10-18(16)22/h3-10,14H,11-13H2,1-2H3,(H,23,26)/t14-/m0/s1. The van der Waals surface area contributed by atoms with Crippen molar-refractivity contribution in [2.45, 2.75) is 25.3 Å². The highest BCUT2D eigenvalue weighted by Gasteiger charge is 2.26. The van der Waals surface area contributed by atoms with Crippen molar-refractivity contribution < 1.29 is 18.4 Å². The van der Waals surface area contributed by atoms with Gasteiger partial charge < -0.3 is 10.2 Å². The highest BCUT2D eigenvalue weighted by Crippen LogP contribution is 2.18. The van der Waals surface area contributed by atoms with E-state index in [1.54, 1.807) is 43.3 Å². The maximum Gasteiger partial charge on any atom is 0.242 e. The van der Waals surface area contributed by atoms with Gasteiger partial charge in [-0.2, -0.15) is 0 Å². The van der Waals surface area contributed by atoms with Crippen LogP contribution in [0.1, 0.15) is 18.1 Å². The zero-order valence-electron chi connectivity index (χ0n) is 15.2. The minimum Gasteiger partial charge on any atom is -0.357 e. The van der Waals surface area contributed by atoms with E-state index in [0.717, 1.165) is 0 Å². The van der Waals surface area contributed by atoms with Crippen molar-refractivity contribution in [2.24, 2.45) is 0 Å². The SMILES string of the molecule is CNC(=O)[C@H](C)N(Cc1ccccc1F)C(=O)CSCc1ccccc1F. The maximum atomic E-state index is 14.0. The molecule has 0 aliphatic rings. The third-order valence-corrected chi connectivity index (χ3v) is 5.12. The van der Waals surface area contributed by atoms with Gasteiger partial charge in [0.15, 0.2) is 0 Å². The number of likely N-dealkylation sites (N-methyl/N-ethyl adjacent to an activating group) is 1. The first-order chi connectivity index (χ1) is 12.9. The van der Waals surface area contributed by atoms with Gasteiger partial charge in [-0.15, -0.1) is 11.8 Å². The summed E-state index contributed by atoms with van der Waals surface area (Å²) < 4.78 is 27.7. The van der Waals surface area contributed by atoms with Crippen LogP contribution in [0.3, 0.4) is 0 Å². The monoisotopic (exact) mass is 392 g/mol. The summed E-state index contributed by atoms with van der Waals surface area (Å²) in [6, 6.07) is 11.8. The van der Waals surface area contributed by atoms with E-state index in [1.165, 1.54) is 35.8 Å². The van der Waals surface area contributed by atoms with Gasteiger partial charge in [0.1, 0.15) is 17.7 Å². The summed E-state index contributed by atoms with van der Waals surface area (Å²) in [5, 5.41) is 2.51. The molecule has 7 heteroatoms. The summed E-state index contributed by atoms with van der Waals surface area (Å²) in [5.41, 5.74) is 0.844. The second-order valence-electron chi connectivity index (χ2n) is 5.99. The molecule has 2 aromatic carbocycles. The normalized spacial score (nSPS) is 11.7. The van der Waals surface area contributed by atoms with Gasteiger partial charge >= 0.3 is 0 Å². The van der Waals surface area contributed by atoms with Gasteiger partial charge in [0.25, 0.3) is 0 Å². The van der Waals surface area contributed by atoms with Gasteiger partial charge in [-0.05, 0) is 24.6 Å².